The van der Waals surface area contributed by atoms with Crippen LogP contribution in [-0.4, -0.2) is 42.8 Å². The van der Waals surface area contributed by atoms with Crippen LogP contribution < -0.4 is 10.6 Å². The molecule has 0 aliphatic carbocycles. The van der Waals surface area contributed by atoms with Gasteiger partial charge in [0.15, 0.2) is 0 Å². The maximum absolute atomic E-state index is 11.9. The molecule has 2 atom stereocenters. The maximum Gasteiger partial charge on any atom is 0.330 e. The second-order valence-electron chi connectivity index (χ2n) is 5.50. The Labute approximate surface area is 135 Å². The predicted octanol–water partition coefficient (Wildman–Crippen LogP) is 0.486. The second-order valence-corrected chi connectivity index (χ2v) is 5.50. The molecule has 1 rings (SSSR count). The number of Topliss-reactive ketones (excluding diaryl/α,β-unsaturated/α-hetero) is 1. The van der Waals surface area contributed by atoms with E-state index in [1.165, 1.54) is 19.1 Å². The fourth-order valence-corrected chi connectivity index (χ4v) is 2.32. The van der Waals surface area contributed by atoms with Gasteiger partial charge in [-0.3, -0.25) is 9.59 Å². The Hall–Kier alpha value is -2.18. The Morgan fingerprint density at radius 1 is 1.39 bits per heavy atom. The summed E-state index contributed by atoms with van der Waals surface area (Å²) in [5.74, 6) is -1.07. The summed E-state index contributed by atoms with van der Waals surface area (Å²) in [5.41, 5.74) is 0. The number of hydrogen-bond acceptors (Lipinski definition) is 5. The Morgan fingerprint density at radius 2 is 2.13 bits per heavy atom. The Balaban J connectivity index is 2.63. The highest BCUT2D eigenvalue weighted by atomic mass is 16.5. The highest BCUT2D eigenvalue weighted by Gasteiger charge is 2.27. The summed E-state index contributed by atoms with van der Waals surface area (Å²) in [5, 5.41) is 5.49. The van der Waals surface area contributed by atoms with Gasteiger partial charge in [0.25, 0.3) is 0 Å². The number of ketones is 1. The summed E-state index contributed by atoms with van der Waals surface area (Å²) in [6.45, 7) is 4.02. The lowest BCUT2D eigenvalue weighted by molar-refractivity contribution is -0.137. The van der Waals surface area contributed by atoms with Gasteiger partial charge in [0.2, 0.25) is 11.8 Å². The van der Waals surface area contributed by atoms with Crippen molar-refractivity contribution in [2.75, 3.05) is 13.2 Å². The van der Waals surface area contributed by atoms with Crippen LogP contribution in [0.25, 0.3) is 0 Å². The minimum absolute atomic E-state index is 0.0440. The van der Waals surface area contributed by atoms with Crippen molar-refractivity contribution in [3.63, 3.8) is 0 Å². The van der Waals surface area contributed by atoms with Gasteiger partial charge in [0, 0.05) is 37.4 Å². The molecule has 1 aliphatic heterocycles. The van der Waals surface area contributed by atoms with Gasteiger partial charge < -0.3 is 20.2 Å². The fraction of sp³-hybridized carbons (Fsp3) is 0.625. The molecule has 1 aliphatic rings. The van der Waals surface area contributed by atoms with Crippen LogP contribution in [0.3, 0.4) is 0 Å². The summed E-state index contributed by atoms with van der Waals surface area (Å²) >= 11 is 0. The molecule has 0 spiro atoms. The molecule has 0 unspecified atom stereocenters. The van der Waals surface area contributed by atoms with E-state index in [4.69, 9.17) is 4.74 Å². The van der Waals surface area contributed by atoms with Crippen molar-refractivity contribution >= 4 is 23.6 Å². The van der Waals surface area contributed by atoms with E-state index in [0.717, 1.165) is 0 Å². The third-order valence-corrected chi connectivity index (χ3v) is 3.50. The quantitative estimate of drug-likeness (QED) is 0.475. The van der Waals surface area contributed by atoms with Crippen LogP contribution in [0.15, 0.2) is 12.2 Å². The smallest absolute Gasteiger partial charge is 0.330 e. The fourth-order valence-electron chi connectivity index (χ4n) is 2.32. The first-order valence-electron chi connectivity index (χ1n) is 7.83. The molecule has 7 heteroatoms. The topological polar surface area (TPSA) is 102 Å². The van der Waals surface area contributed by atoms with Crippen LogP contribution in [0.4, 0.5) is 0 Å². The molecule has 23 heavy (non-hydrogen) atoms. The standard InChI is InChI=1S/C16H24N2O5/c1-3-23-15(21)7-5-13(10-12-8-9-17-16(12)22)18-14(20)6-4-11(2)19/h5,7,12-13H,3-4,6,8-10H2,1-2H3,(H,17,22)(H,18,20)/b7-5+/t12-,13+/m0/s1. The third kappa shape index (κ3) is 7.58. The molecule has 0 radical (unpaired) electrons. The van der Waals surface area contributed by atoms with Crippen molar-refractivity contribution in [2.24, 2.45) is 5.92 Å². The van der Waals surface area contributed by atoms with E-state index in [2.05, 4.69) is 10.6 Å². The maximum atomic E-state index is 11.9. The number of carbonyl (C=O) groups excluding carboxylic acids is 4. The highest BCUT2D eigenvalue weighted by Crippen LogP contribution is 2.17. The Bertz CT molecular complexity index is 487. The van der Waals surface area contributed by atoms with Gasteiger partial charge in [0.1, 0.15) is 5.78 Å². The SMILES string of the molecule is CCOC(=O)/C=C/[C@H](C[C@@H]1CCNC1=O)NC(=O)CCC(C)=O. The number of ether oxygens (including phenoxy) is 1. The van der Waals surface area contributed by atoms with E-state index in [9.17, 15) is 19.2 Å². The summed E-state index contributed by atoms with van der Waals surface area (Å²) in [6, 6.07) is -0.451. The largest absolute Gasteiger partial charge is 0.463 e. The minimum atomic E-state index is -0.494. The summed E-state index contributed by atoms with van der Waals surface area (Å²) in [4.78, 5) is 45.9. The zero-order valence-electron chi connectivity index (χ0n) is 13.6. The molecular formula is C16H24N2O5. The van der Waals surface area contributed by atoms with Crippen molar-refractivity contribution in [2.45, 2.75) is 45.6 Å². The third-order valence-electron chi connectivity index (χ3n) is 3.50. The van der Waals surface area contributed by atoms with E-state index in [-0.39, 0.29) is 43.0 Å². The lowest BCUT2D eigenvalue weighted by Crippen LogP contribution is -2.36. The number of esters is 1. The lowest BCUT2D eigenvalue weighted by atomic mass is 9.98. The summed E-state index contributed by atoms with van der Waals surface area (Å²) < 4.78 is 4.80. The molecule has 0 bridgehead atoms. The van der Waals surface area contributed by atoms with Crippen LogP contribution in [0.5, 0.6) is 0 Å². The molecular weight excluding hydrogens is 300 g/mol. The number of carbonyl (C=O) groups is 4. The number of hydrogen-bond donors (Lipinski definition) is 2. The highest BCUT2D eigenvalue weighted by molar-refractivity contribution is 5.85. The second kappa shape index (κ2) is 9.76. The molecule has 0 saturated carbocycles. The van der Waals surface area contributed by atoms with Gasteiger partial charge >= 0.3 is 5.97 Å². The molecule has 2 amide bonds. The van der Waals surface area contributed by atoms with Crippen molar-refractivity contribution in [3.8, 4) is 0 Å². The van der Waals surface area contributed by atoms with Gasteiger partial charge in [0.05, 0.1) is 6.61 Å². The Morgan fingerprint density at radius 3 is 2.70 bits per heavy atom. The molecule has 1 fully saturated rings. The molecule has 2 N–H and O–H groups in total. The Kier molecular flexibility index (Phi) is 8.01. The van der Waals surface area contributed by atoms with Gasteiger partial charge in [-0.25, -0.2) is 4.79 Å². The van der Waals surface area contributed by atoms with E-state index in [1.807, 2.05) is 0 Å². The normalized spacial score (nSPS) is 18.5. The summed E-state index contributed by atoms with van der Waals surface area (Å²) in [7, 11) is 0. The molecule has 0 aromatic carbocycles. The van der Waals surface area contributed by atoms with E-state index < -0.39 is 12.0 Å². The number of rotatable bonds is 9. The lowest BCUT2D eigenvalue weighted by Gasteiger charge is -2.17. The average molecular weight is 324 g/mol. The number of amides is 2. The van der Waals surface area contributed by atoms with Crippen molar-refractivity contribution in [1.29, 1.82) is 0 Å². The molecule has 1 saturated heterocycles. The summed E-state index contributed by atoms with van der Waals surface area (Å²) in [6.07, 6.45) is 4.17. The van der Waals surface area contributed by atoms with Crippen LogP contribution in [0.2, 0.25) is 0 Å². The van der Waals surface area contributed by atoms with Crippen LogP contribution in [0.1, 0.15) is 39.5 Å². The molecule has 0 aromatic rings. The van der Waals surface area contributed by atoms with E-state index >= 15 is 0 Å². The zero-order chi connectivity index (χ0) is 17.2. The van der Waals surface area contributed by atoms with Gasteiger partial charge in [-0.1, -0.05) is 6.08 Å². The minimum Gasteiger partial charge on any atom is -0.463 e. The first-order valence-corrected chi connectivity index (χ1v) is 7.83. The first-order chi connectivity index (χ1) is 10.9. The predicted molar refractivity (Wildman–Crippen MR) is 83.4 cm³/mol. The molecule has 7 nitrogen and oxygen atoms in total. The molecule has 0 aromatic heterocycles. The van der Waals surface area contributed by atoms with E-state index in [0.29, 0.717) is 19.4 Å². The number of nitrogens with one attached hydrogen (secondary N) is 2. The van der Waals surface area contributed by atoms with Gasteiger partial charge in [-0.05, 0) is 26.7 Å². The van der Waals surface area contributed by atoms with Gasteiger partial charge in [-0.2, -0.15) is 0 Å². The van der Waals surface area contributed by atoms with Crippen molar-refractivity contribution in [1.82, 2.24) is 10.6 Å². The van der Waals surface area contributed by atoms with Crippen LogP contribution in [-0.2, 0) is 23.9 Å². The average Bonchev–Trinajstić information content (AvgIpc) is 2.88. The zero-order valence-corrected chi connectivity index (χ0v) is 13.6. The first kappa shape index (κ1) is 18.9. The molecule has 128 valence electrons. The van der Waals surface area contributed by atoms with Crippen molar-refractivity contribution < 1.29 is 23.9 Å². The van der Waals surface area contributed by atoms with Gasteiger partial charge in [-0.15, -0.1) is 0 Å². The monoisotopic (exact) mass is 324 g/mol. The molecule has 1 heterocycles. The van der Waals surface area contributed by atoms with Crippen LogP contribution >= 0.6 is 0 Å². The van der Waals surface area contributed by atoms with Crippen LogP contribution in [0, 0.1) is 5.92 Å². The van der Waals surface area contributed by atoms with Crippen molar-refractivity contribution in [3.05, 3.63) is 12.2 Å². The van der Waals surface area contributed by atoms with E-state index in [1.54, 1.807) is 6.92 Å².